The summed E-state index contributed by atoms with van der Waals surface area (Å²) in [5, 5.41) is 22.9. The standard InChI is InChI=1S/C25H20N4O5/c1-16(30)27-20-5-2-4-18(12-20)15-28-23(19-10-8-17(14-26)9-11-19)24(25(28)31)34-22-7-3-6-21(13-22)29(32)33/h2-13,23-24H,15H2,1H3,(H,27,30). The normalized spacial score (nSPS) is 16.8. The third-order valence-corrected chi connectivity index (χ3v) is 5.42. The number of nitrogens with one attached hydrogen (secondary N) is 1. The van der Waals surface area contributed by atoms with Crippen LogP contribution in [0.3, 0.4) is 0 Å². The van der Waals surface area contributed by atoms with Gasteiger partial charge in [0.05, 0.1) is 22.6 Å². The summed E-state index contributed by atoms with van der Waals surface area (Å²) in [6.45, 7) is 1.69. The van der Waals surface area contributed by atoms with Crippen molar-refractivity contribution in [1.29, 1.82) is 5.26 Å². The van der Waals surface area contributed by atoms with Gasteiger partial charge in [0.1, 0.15) is 11.8 Å². The number of amides is 2. The van der Waals surface area contributed by atoms with E-state index in [1.165, 1.54) is 25.1 Å². The van der Waals surface area contributed by atoms with E-state index in [9.17, 15) is 19.7 Å². The van der Waals surface area contributed by atoms with E-state index in [1.807, 2.05) is 6.07 Å². The molecule has 2 atom stereocenters. The summed E-state index contributed by atoms with van der Waals surface area (Å²) in [6.07, 6.45) is -0.881. The number of carbonyl (C=O) groups excluding carboxylic acids is 2. The zero-order valence-corrected chi connectivity index (χ0v) is 18.2. The Bertz CT molecular complexity index is 1300. The monoisotopic (exact) mass is 456 g/mol. The number of nitrogens with zero attached hydrogens (tertiary/aromatic N) is 3. The molecule has 4 rings (SSSR count). The number of nitriles is 1. The fourth-order valence-electron chi connectivity index (χ4n) is 3.88. The molecule has 9 heteroatoms. The van der Waals surface area contributed by atoms with Crippen molar-refractivity contribution in [3.63, 3.8) is 0 Å². The van der Waals surface area contributed by atoms with Crippen LogP contribution < -0.4 is 10.1 Å². The molecule has 0 spiro atoms. The second-order valence-corrected chi connectivity index (χ2v) is 7.82. The molecule has 1 heterocycles. The van der Waals surface area contributed by atoms with E-state index in [-0.39, 0.29) is 29.8 Å². The van der Waals surface area contributed by atoms with Crippen molar-refractivity contribution >= 4 is 23.2 Å². The summed E-state index contributed by atoms with van der Waals surface area (Å²) in [4.78, 5) is 36.7. The number of ether oxygens (including phenoxy) is 1. The smallest absolute Gasteiger partial charge is 0.273 e. The van der Waals surface area contributed by atoms with Crippen LogP contribution in [0.5, 0.6) is 5.75 Å². The van der Waals surface area contributed by atoms with Crippen LogP contribution in [-0.4, -0.2) is 27.7 Å². The van der Waals surface area contributed by atoms with Crippen molar-refractivity contribution in [2.45, 2.75) is 25.6 Å². The minimum absolute atomic E-state index is 0.133. The first kappa shape index (κ1) is 22.5. The molecule has 0 radical (unpaired) electrons. The van der Waals surface area contributed by atoms with Crippen molar-refractivity contribution in [3.05, 3.63) is 99.6 Å². The maximum absolute atomic E-state index is 13.1. The number of carbonyl (C=O) groups is 2. The number of anilines is 1. The van der Waals surface area contributed by atoms with Gasteiger partial charge >= 0.3 is 0 Å². The second kappa shape index (κ2) is 9.42. The number of hydrogen-bond acceptors (Lipinski definition) is 6. The number of nitro groups is 1. The Morgan fingerprint density at radius 1 is 1.15 bits per heavy atom. The van der Waals surface area contributed by atoms with Gasteiger partial charge in [-0.3, -0.25) is 19.7 Å². The Hall–Kier alpha value is -4.71. The van der Waals surface area contributed by atoms with Crippen LogP contribution in [0.15, 0.2) is 72.8 Å². The lowest BCUT2D eigenvalue weighted by Gasteiger charge is -2.46. The molecule has 34 heavy (non-hydrogen) atoms. The Morgan fingerprint density at radius 3 is 2.56 bits per heavy atom. The molecular weight excluding hydrogens is 436 g/mol. The summed E-state index contributed by atoms with van der Waals surface area (Å²) >= 11 is 0. The zero-order valence-electron chi connectivity index (χ0n) is 18.2. The van der Waals surface area contributed by atoms with Gasteiger partial charge in [0.25, 0.3) is 11.6 Å². The number of non-ortho nitro benzene ring substituents is 1. The van der Waals surface area contributed by atoms with Crippen LogP contribution in [0.2, 0.25) is 0 Å². The van der Waals surface area contributed by atoms with Crippen LogP contribution in [0.25, 0.3) is 0 Å². The molecule has 1 aliphatic heterocycles. The Balaban J connectivity index is 1.62. The lowest BCUT2D eigenvalue weighted by molar-refractivity contribution is -0.385. The molecule has 2 unspecified atom stereocenters. The van der Waals surface area contributed by atoms with E-state index in [0.29, 0.717) is 11.3 Å². The third kappa shape index (κ3) is 4.71. The average Bonchev–Trinajstić information content (AvgIpc) is 2.83. The van der Waals surface area contributed by atoms with Gasteiger partial charge in [-0.25, -0.2) is 0 Å². The minimum Gasteiger partial charge on any atom is -0.478 e. The van der Waals surface area contributed by atoms with Gasteiger partial charge < -0.3 is 15.0 Å². The molecule has 0 aromatic heterocycles. The molecule has 2 amide bonds. The number of rotatable bonds is 7. The van der Waals surface area contributed by atoms with E-state index in [2.05, 4.69) is 11.4 Å². The molecule has 3 aromatic carbocycles. The zero-order chi connectivity index (χ0) is 24.2. The van der Waals surface area contributed by atoms with Crippen LogP contribution in [-0.2, 0) is 16.1 Å². The average molecular weight is 456 g/mol. The van der Waals surface area contributed by atoms with Crippen LogP contribution >= 0.6 is 0 Å². The predicted molar refractivity (Wildman–Crippen MR) is 123 cm³/mol. The molecule has 9 nitrogen and oxygen atoms in total. The Labute approximate surface area is 195 Å². The minimum atomic E-state index is -0.881. The lowest BCUT2D eigenvalue weighted by atomic mass is 9.89. The summed E-state index contributed by atoms with van der Waals surface area (Å²) < 4.78 is 5.90. The maximum Gasteiger partial charge on any atom is 0.273 e. The molecule has 1 fully saturated rings. The fraction of sp³-hybridized carbons (Fsp3) is 0.160. The van der Waals surface area contributed by atoms with Crippen molar-refractivity contribution in [2.75, 3.05) is 5.32 Å². The third-order valence-electron chi connectivity index (χ3n) is 5.42. The molecule has 1 N–H and O–H groups in total. The topological polar surface area (TPSA) is 126 Å². The van der Waals surface area contributed by atoms with Crippen molar-refractivity contribution in [1.82, 2.24) is 4.90 Å². The largest absolute Gasteiger partial charge is 0.478 e. The molecule has 0 bridgehead atoms. The highest BCUT2D eigenvalue weighted by Gasteiger charge is 2.50. The summed E-state index contributed by atoms with van der Waals surface area (Å²) in [5.74, 6) is -0.248. The maximum atomic E-state index is 13.1. The molecule has 0 saturated carbocycles. The number of benzene rings is 3. The van der Waals surface area contributed by atoms with Gasteiger partial charge in [-0.1, -0.05) is 30.3 Å². The van der Waals surface area contributed by atoms with E-state index in [0.717, 1.165) is 11.1 Å². The highest BCUT2D eigenvalue weighted by Crippen LogP contribution is 2.39. The molecule has 1 aliphatic rings. The lowest BCUT2D eigenvalue weighted by Crippen LogP contribution is -2.60. The fourth-order valence-corrected chi connectivity index (χ4v) is 3.88. The van der Waals surface area contributed by atoms with E-state index < -0.39 is 17.1 Å². The highest BCUT2D eigenvalue weighted by atomic mass is 16.6. The number of likely N-dealkylation sites (tertiary alicyclic amines) is 1. The van der Waals surface area contributed by atoms with Crippen molar-refractivity contribution < 1.29 is 19.2 Å². The first-order chi connectivity index (χ1) is 16.4. The first-order valence-corrected chi connectivity index (χ1v) is 10.4. The van der Waals surface area contributed by atoms with Crippen molar-refractivity contribution in [2.24, 2.45) is 0 Å². The Kier molecular flexibility index (Phi) is 6.23. The SMILES string of the molecule is CC(=O)Nc1cccc(CN2C(=O)C(Oc3cccc([N+](=O)[O-])c3)C2c2ccc(C#N)cc2)c1. The van der Waals surface area contributed by atoms with E-state index in [4.69, 9.17) is 10.00 Å². The van der Waals surface area contributed by atoms with Gasteiger partial charge in [-0.15, -0.1) is 0 Å². The van der Waals surface area contributed by atoms with E-state index >= 15 is 0 Å². The number of hydrogen-bond donors (Lipinski definition) is 1. The van der Waals surface area contributed by atoms with Crippen LogP contribution in [0.4, 0.5) is 11.4 Å². The predicted octanol–water partition coefficient (Wildman–Crippen LogP) is 3.96. The van der Waals surface area contributed by atoms with Gasteiger partial charge in [-0.05, 0) is 41.5 Å². The van der Waals surface area contributed by atoms with E-state index in [1.54, 1.807) is 53.4 Å². The van der Waals surface area contributed by atoms with Crippen LogP contribution in [0.1, 0.15) is 29.7 Å². The highest BCUT2D eigenvalue weighted by molar-refractivity contribution is 5.90. The molecule has 3 aromatic rings. The van der Waals surface area contributed by atoms with Gasteiger partial charge in [0.2, 0.25) is 12.0 Å². The summed E-state index contributed by atoms with van der Waals surface area (Å²) in [6, 6.07) is 21.3. The summed E-state index contributed by atoms with van der Waals surface area (Å²) in [5.41, 5.74) is 2.56. The first-order valence-electron chi connectivity index (χ1n) is 10.4. The summed E-state index contributed by atoms with van der Waals surface area (Å²) in [7, 11) is 0. The van der Waals surface area contributed by atoms with Crippen LogP contribution in [0, 0.1) is 21.4 Å². The molecule has 170 valence electrons. The Morgan fingerprint density at radius 2 is 1.88 bits per heavy atom. The number of nitro benzene ring substituents is 1. The van der Waals surface area contributed by atoms with Gasteiger partial charge in [-0.2, -0.15) is 5.26 Å². The van der Waals surface area contributed by atoms with Gasteiger partial charge in [0, 0.05) is 25.2 Å². The van der Waals surface area contributed by atoms with Gasteiger partial charge in [0.15, 0.2) is 0 Å². The molecule has 0 aliphatic carbocycles. The van der Waals surface area contributed by atoms with Crippen molar-refractivity contribution in [3.8, 4) is 11.8 Å². The molecule has 1 saturated heterocycles. The number of β-lactam (4-membered cyclic amide) rings is 1. The molecular formula is C25H20N4O5. The second-order valence-electron chi connectivity index (χ2n) is 7.82. The quantitative estimate of drug-likeness (QED) is 0.326.